The van der Waals surface area contributed by atoms with Gasteiger partial charge in [0.15, 0.2) is 0 Å². The van der Waals surface area contributed by atoms with Crippen molar-refractivity contribution in [3.05, 3.63) is 31.8 Å². The zero-order valence-electron chi connectivity index (χ0n) is 10.5. The Morgan fingerprint density at radius 1 is 1.35 bits per heavy atom. The van der Waals surface area contributed by atoms with Gasteiger partial charge >= 0.3 is 0 Å². The van der Waals surface area contributed by atoms with E-state index in [2.05, 4.69) is 80.9 Å². The summed E-state index contributed by atoms with van der Waals surface area (Å²) in [6.07, 6.45) is 1.20. The van der Waals surface area contributed by atoms with E-state index in [4.69, 9.17) is 0 Å². The van der Waals surface area contributed by atoms with Crippen LogP contribution in [0, 0.1) is 3.57 Å². The van der Waals surface area contributed by atoms with Crippen LogP contribution in [0.5, 0.6) is 0 Å². The molecule has 1 rings (SSSR count). The van der Waals surface area contributed by atoms with Gasteiger partial charge in [-0.3, -0.25) is 0 Å². The van der Waals surface area contributed by atoms with E-state index in [0.717, 1.165) is 26.2 Å². The standard InChI is InChI=1S/C13H20BrIN2/c1-3-6-16-7-8-17(2)10-11-9-12(15)4-5-13(11)14/h4-5,9,16H,3,6-8,10H2,1-2H3. The van der Waals surface area contributed by atoms with Crippen LogP contribution in [-0.2, 0) is 6.54 Å². The zero-order valence-corrected chi connectivity index (χ0v) is 14.2. The molecule has 0 aliphatic carbocycles. The first kappa shape index (κ1) is 15.4. The van der Waals surface area contributed by atoms with Gasteiger partial charge in [0.2, 0.25) is 0 Å². The maximum absolute atomic E-state index is 3.61. The highest BCUT2D eigenvalue weighted by molar-refractivity contribution is 14.1. The molecular formula is C13H20BrIN2. The summed E-state index contributed by atoms with van der Waals surface area (Å²) < 4.78 is 2.49. The van der Waals surface area contributed by atoms with E-state index < -0.39 is 0 Å². The van der Waals surface area contributed by atoms with E-state index >= 15 is 0 Å². The van der Waals surface area contributed by atoms with Gasteiger partial charge in [-0.05, 0) is 66.4 Å². The van der Waals surface area contributed by atoms with Crippen LogP contribution in [0.3, 0.4) is 0 Å². The molecule has 0 aliphatic heterocycles. The molecule has 0 amide bonds. The summed E-state index contributed by atoms with van der Waals surface area (Å²) >= 11 is 5.96. The summed E-state index contributed by atoms with van der Waals surface area (Å²) in [6, 6.07) is 6.48. The molecule has 0 bridgehead atoms. The lowest BCUT2D eigenvalue weighted by atomic mass is 10.2. The lowest BCUT2D eigenvalue weighted by molar-refractivity contribution is 0.324. The molecule has 1 aromatic carbocycles. The molecule has 17 heavy (non-hydrogen) atoms. The minimum absolute atomic E-state index is 0.991. The fraction of sp³-hybridized carbons (Fsp3) is 0.538. The summed E-state index contributed by atoms with van der Waals surface area (Å²) in [5, 5.41) is 3.42. The monoisotopic (exact) mass is 410 g/mol. The molecule has 0 radical (unpaired) electrons. The van der Waals surface area contributed by atoms with Crippen molar-refractivity contribution >= 4 is 38.5 Å². The smallest absolute Gasteiger partial charge is 0.0242 e. The number of nitrogens with zero attached hydrogens (tertiary/aromatic N) is 1. The van der Waals surface area contributed by atoms with E-state index in [1.165, 1.54) is 20.0 Å². The number of hydrogen-bond donors (Lipinski definition) is 1. The highest BCUT2D eigenvalue weighted by Gasteiger charge is 2.04. The second kappa shape index (κ2) is 8.45. The van der Waals surface area contributed by atoms with Crippen LogP contribution >= 0.6 is 38.5 Å². The predicted molar refractivity (Wildman–Crippen MR) is 86.4 cm³/mol. The molecule has 1 N–H and O–H groups in total. The summed E-state index contributed by atoms with van der Waals surface area (Å²) in [6.45, 7) is 6.44. The fourth-order valence-electron chi connectivity index (χ4n) is 1.61. The van der Waals surface area contributed by atoms with Gasteiger partial charge in [0, 0.05) is 27.7 Å². The molecule has 0 saturated carbocycles. The molecule has 0 unspecified atom stereocenters. The Morgan fingerprint density at radius 3 is 2.82 bits per heavy atom. The van der Waals surface area contributed by atoms with E-state index in [9.17, 15) is 0 Å². The summed E-state index contributed by atoms with van der Waals surface area (Å²) in [4.78, 5) is 2.35. The third kappa shape index (κ3) is 6.18. The molecule has 0 spiro atoms. The van der Waals surface area contributed by atoms with Crippen LogP contribution in [0.4, 0.5) is 0 Å². The number of halogens is 2. The Kier molecular flexibility index (Phi) is 7.66. The number of rotatable bonds is 7. The Balaban J connectivity index is 2.39. The van der Waals surface area contributed by atoms with E-state index in [0.29, 0.717) is 0 Å². The largest absolute Gasteiger partial charge is 0.315 e. The normalized spacial score (nSPS) is 11.1. The van der Waals surface area contributed by atoms with Crippen molar-refractivity contribution in [2.75, 3.05) is 26.7 Å². The summed E-state index contributed by atoms with van der Waals surface area (Å²) in [7, 11) is 2.17. The van der Waals surface area contributed by atoms with Crippen molar-refractivity contribution < 1.29 is 0 Å². The predicted octanol–water partition coefficient (Wildman–Crippen LogP) is 3.49. The topological polar surface area (TPSA) is 15.3 Å². The van der Waals surface area contributed by atoms with Crippen LogP contribution in [0.25, 0.3) is 0 Å². The Morgan fingerprint density at radius 2 is 2.12 bits per heavy atom. The van der Waals surface area contributed by atoms with E-state index in [1.807, 2.05) is 0 Å². The number of likely N-dealkylation sites (N-methyl/N-ethyl adjacent to an activating group) is 1. The Bertz CT molecular complexity index is 344. The molecular weight excluding hydrogens is 391 g/mol. The maximum Gasteiger partial charge on any atom is 0.0242 e. The minimum Gasteiger partial charge on any atom is -0.315 e. The van der Waals surface area contributed by atoms with Gasteiger partial charge < -0.3 is 10.2 Å². The Hall–Kier alpha value is 0.350. The highest BCUT2D eigenvalue weighted by atomic mass is 127. The van der Waals surface area contributed by atoms with E-state index in [1.54, 1.807) is 0 Å². The number of hydrogen-bond acceptors (Lipinski definition) is 2. The van der Waals surface area contributed by atoms with Gasteiger partial charge in [-0.1, -0.05) is 22.9 Å². The van der Waals surface area contributed by atoms with Crippen molar-refractivity contribution in [1.29, 1.82) is 0 Å². The first-order valence-electron chi connectivity index (χ1n) is 5.96. The number of benzene rings is 1. The first-order chi connectivity index (χ1) is 8.13. The summed E-state index contributed by atoms with van der Waals surface area (Å²) in [5.41, 5.74) is 1.36. The van der Waals surface area contributed by atoms with Gasteiger partial charge in [0.25, 0.3) is 0 Å². The van der Waals surface area contributed by atoms with Gasteiger partial charge in [-0.15, -0.1) is 0 Å². The van der Waals surface area contributed by atoms with Gasteiger partial charge in [-0.25, -0.2) is 0 Å². The minimum atomic E-state index is 0.991. The molecule has 0 atom stereocenters. The number of nitrogens with one attached hydrogen (secondary N) is 1. The second-order valence-electron chi connectivity index (χ2n) is 4.22. The zero-order chi connectivity index (χ0) is 12.7. The van der Waals surface area contributed by atoms with Crippen molar-refractivity contribution in [3.63, 3.8) is 0 Å². The first-order valence-corrected chi connectivity index (χ1v) is 7.84. The average molecular weight is 411 g/mol. The molecule has 0 fully saturated rings. The molecule has 0 heterocycles. The van der Waals surface area contributed by atoms with E-state index in [-0.39, 0.29) is 0 Å². The third-order valence-corrected chi connectivity index (χ3v) is 3.99. The highest BCUT2D eigenvalue weighted by Crippen LogP contribution is 2.20. The average Bonchev–Trinajstić information content (AvgIpc) is 2.29. The lowest BCUT2D eigenvalue weighted by Gasteiger charge is -2.18. The second-order valence-corrected chi connectivity index (χ2v) is 6.32. The SMILES string of the molecule is CCCNCCN(C)Cc1cc(I)ccc1Br. The van der Waals surface area contributed by atoms with Gasteiger partial charge in [0.05, 0.1) is 0 Å². The third-order valence-electron chi connectivity index (χ3n) is 2.55. The van der Waals surface area contributed by atoms with Crippen LogP contribution in [0.1, 0.15) is 18.9 Å². The van der Waals surface area contributed by atoms with Gasteiger partial charge in [0.1, 0.15) is 0 Å². The Labute approximate surface area is 126 Å². The van der Waals surface area contributed by atoms with Crippen LogP contribution in [0.15, 0.2) is 22.7 Å². The van der Waals surface area contributed by atoms with Crippen LogP contribution in [-0.4, -0.2) is 31.6 Å². The van der Waals surface area contributed by atoms with Crippen molar-refractivity contribution in [3.8, 4) is 0 Å². The molecule has 4 heteroatoms. The van der Waals surface area contributed by atoms with Crippen LogP contribution in [0.2, 0.25) is 0 Å². The molecule has 0 aromatic heterocycles. The molecule has 0 aliphatic rings. The molecule has 0 saturated heterocycles. The molecule has 1 aromatic rings. The van der Waals surface area contributed by atoms with Crippen molar-refractivity contribution in [2.24, 2.45) is 0 Å². The molecule has 96 valence electrons. The van der Waals surface area contributed by atoms with Gasteiger partial charge in [-0.2, -0.15) is 0 Å². The summed E-state index contributed by atoms with van der Waals surface area (Å²) in [5.74, 6) is 0. The fourth-order valence-corrected chi connectivity index (χ4v) is 2.53. The lowest BCUT2D eigenvalue weighted by Crippen LogP contribution is -2.29. The quantitative estimate of drug-likeness (QED) is 0.546. The van der Waals surface area contributed by atoms with Crippen LogP contribution < -0.4 is 5.32 Å². The van der Waals surface area contributed by atoms with Crippen molar-refractivity contribution in [2.45, 2.75) is 19.9 Å². The molecule has 2 nitrogen and oxygen atoms in total. The maximum atomic E-state index is 3.61. The van der Waals surface area contributed by atoms with Crippen molar-refractivity contribution in [1.82, 2.24) is 10.2 Å².